The third-order valence-corrected chi connectivity index (χ3v) is 8.01. The van der Waals surface area contributed by atoms with Crippen LogP contribution in [0.3, 0.4) is 0 Å². The molecule has 1 heterocycles. The lowest BCUT2D eigenvalue weighted by Gasteiger charge is -2.06. The van der Waals surface area contributed by atoms with Crippen LogP contribution in [0.2, 0.25) is 0 Å². The number of benzene rings is 3. The Bertz CT molecular complexity index is 1300. The highest BCUT2D eigenvalue weighted by atomic mass is 32.2. The second-order valence-electron chi connectivity index (χ2n) is 6.95. The number of carbonyl (C=O) groups is 1. The number of amides is 1. The summed E-state index contributed by atoms with van der Waals surface area (Å²) in [4.78, 5) is 12.2. The number of ether oxygens (including phenoxy) is 2. The molecule has 174 valence electrons. The highest BCUT2D eigenvalue weighted by Gasteiger charge is 2.10. The molecule has 1 N–H and O–H groups in total. The fourth-order valence-corrected chi connectivity index (χ4v) is 5.96. The zero-order valence-electron chi connectivity index (χ0n) is 18.6. The Hall–Kier alpha value is -3.08. The normalized spacial score (nSPS) is 11.1. The summed E-state index contributed by atoms with van der Waals surface area (Å²) in [5.74, 6) is 2.08. The maximum Gasteiger partial charge on any atom is 0.250 e. The fourth-order valence-electron chi connectivity index (χ4n) is 3.15. The van der Waals surface area contributed by atoms with E-state index in [9.17, 15) is 4.79 Å². The van der Waals surface area contributed by atoms with Crippen molar-refractivity contribution in [3.8, 4) is 11.5 Å². The van der Waals surface area contributed by atoms with Crippen molar-refractivity contribution in [3.05, 3.63) is 71.8 Å². The molecule has 1 amide bonds. The van der Waals surface area contributed by atoms with E-state index in [-0.39, 0.29) is 11.7 Å². The lowest BCUT2D eigenvalue weighted by Crippen LogP contribution is -2.19. The Labute approximate surface area is 210 Å². The number of carbonyl (C=O) groups excluding carboxylic acids is 1. The van der Waals surface area contributed by atoms with Gasteiger partial charge < -0.3 is 9.47 Å². The van der Waals surface area contributed by atoms with E-state index in [0.717, 1.165) is 14.4 Å². The number of hydrogen-bond donors (Lipinski definition) is 1. The van der Waals surface area contributed by atoms with Gasteiger partial charge in [-0.1, -0.05) is 77.3 Å². The summed E-state index contributed by atoms with van der Waals surface area (Å²) >= 11 is 4.47. The maximum atomic E-state index is 12.2. The zero-order valence-corrected chi connectivity index (χ0v) is 21.0. The summed E-state index contributed by atoms with van der Waals surface area (Å²) in [6.07, 6.45) is 1.52. The first-order valence-electron chi connectivity index (χ1n) is 10.3. The Kier molecular flexibility index (Phi) is 8.40. The minimum absolute atomic E-state index is 0.190. The van der Waals surface area contributed by atoms with Crippen LogP contribution in [-0.2, 0) is 10.5 Å². The minimum Gasteiger partial charge on any atom is -0.497 e. The maximum absolute atomic E-state index is 12.2. The van der Waals surface area contributed by atoms with Crippen LogP contribution in [0.15, 0.2) is 74.4 Å². The zero-order chi connectivity index (χ0) is 23.8. The highest BCUT2D eigenvalue weighted by Crippen LogP contribution is 2.32. The SMILES string of the molecule is COc1ccc(OC)c(/C=N\NC(=O)CSc2nnc(SCc3cccc4ccccc34)s2)c1. The standard InChI is InChI=1S/C24H22N4O3S3/c1-30-19-10-11-21(31-2)18(12-19)13-25-26-22(29)15-33-24-28-27-23(34-24)32-14-17-8-5-7-16-6-3-4-9-20(16)17/h3-13H,14-15H2,1-2H3,(H,26,29)/b25-13-. The fraction of sp³-hybridized carbons (Fsp3) is 0.167. The Morgan fingerprint density at radius 3 is 2.65 bits per heavy atom. The van der Waals surface area contributed by atoms with Gasteiger partial charge in [0.2, 0.25) is 0 Å². The van der Waals surface area contributed by atoms with Gasteiger partial charge in [0, 0.05) is 11.3 Å². The number of hydrogen-bond acceptors (Lipinski definition) is 9. The molecule has 0 aliphatic heterocycles. The van der Waals surface area contributed by atoms with E-state index in [1.807, 2.05) is 6.07 Å². The van der Waals surface area contributed by atoms with Gasteiger partial charge in [-0.2, -0.15) is 5.10 Å². The number of nitrogens with one attached hydrogen (secondary N) is 1. The average Bonchev–Trinajstić information content (AvgIpc) is 3.34. The second kappa shape index (κ2) is 11.9. The number of methoxy groups -OCH3 is 2. The van der Waals surface area contributed by atoms with E-state index in [0.29, 0.717) is 17.1 Å². The molecule has 0 aliphatic rings. The molecule has 0 radical (unpaired) electrons. The van der Waals surface area contributed by atoms with Gasteiger partial charge in [0.15, 0.2) is 8.68 Å². The van der Waals surface area contributed by atoms with Gasteiger partial charge in [-0.15, -0.1) is 10.2 Å². The number of rotatable bonds is 10. The van der Waals surface area contributed by atoms with E-state index >= 15 is 0 Å². The van der Waals surface area contributed by atoms with Crippen LogP contribution in [0.4, 0.5) is 0 Å². The van der Waals surface area contributed by atoms with E-state index < -0.39 is 0 Å². The number of hydrazone groups is 1. The molecular weight excluding hydrogens is 488 g/mol. The molecule has 0 spiro atoms. The number of thioether (sulfide) groups is 2. The number of nitrogens with zero attached hydrogens (tertiary/aromatic N) is 3. The molecule has 4 aromatic rings. The molecule has 0 unspecified atom stereocenters. The molecule has 10 heteroatoms. The van der Waals surface area contributed by atoms with Crippen LogP contribution in [0.25, 0.3) is 10.8 Å². The molecule has 0 saturated heterocycles. The van der Waals surface area contributed by atoms with Gasteiger partial charge in [-0.25, -0.2) is 5.43 Å². The molecule has 34 heavy (non-hydrogen) atoms. The minimum atomic E-state index is -0.233. The van der Waals surface area contributed by atoms with Crippen molar-refractivity contribution in [1.29, 1.82) is 0 Å². The van der Waals surface area contributed by atoms with Gasteiger partial charge >= 0.3 is 0 Å². The summed E-state index contributed by atoms with van der Waals surface area (Å²) < 4.78 is 12.1. The van der Waals surface area contributed by atoms with E-state index in [2.05, 4.69) is 57.1 Å². The van der Waals surface area contributed by atoms with Crippen LogP contribution in [0.1, 0.15) is 11.1 Å². The van der Waals surface area contributed by atoms with Gasteiger partial charge in [0.05, 0.1) is 26.2 Å². The van der Waals surface area contributed by atoms with Gasteiger partial charge in [0.1, 0.15) is 11.5 Å². The quantitative estimate of drug-likeness (QED) is 0.177. The molecule has 7 nitrogen and oxygen atoms in total. The highest BCUT2D eigenvalue weighted by molar-refractivity contribution is 8.03. The van der Waals surface area contributed by atoms with E-state index in [1.165, 1.54) is 45.6 Å². The summed E-state index contributed by atoms with van der Waals surface area (Å²) in [6, 6.07) is 20.0. The van der Waals surface area contributed by atoms with Crippen molar-refractivity contribution < 1.29 is 14.3 Å². The van der Waals surface area contributed by atoms with Crippen molar-refractivity contribution in [3.63, 3.8) is 0 Å². The Morgan fingerprint density at radius 2 is 1.82 bits per heavy atom. The molecule has 4 rings (SSSR count). The van der Waals surface area contributed by atoms with Crippen LogP contribution >= 0.6 is 34.9 Å². The van der Waals surface area contributed by atoms with Crippen LogP contribution in [-0.4, -0.2) is 42.3 Å². The number of aromatic nitrogens is 2. The average molecular weight is 511 g/mol. The second-order valence-corrected chi connectivity index (χ2v) is 10.4. The Balaban J connectivity index is 1.27. The first-order chi connectivity index (χ1) is 16.7. The molecule has 0 aliphatic carbocycles. The van der Waals surface area contributed by atoms with Crippen molar-refractivity contribution in [1.82, 2.24) is 15.6 Å². The topological polar surface area (TPSA) is 85.7 Å². The summed E-state index contributed by atoms with van der Waals surface area (Å²) in [7, 11) is 3.16. The van der Waals surface area contributed by atoms with Crippen molar-refractivity contribution in [2.75, 3.05) is 20.0 Å². The van der Waals surface area contributed by atoms with E-state index in [4.69, 9.17) is 9.47 Å². The van der Waals surface area contributed by atoms with Crippen molar-refractivity contribution in [2.24, 2.45) is 5.10 Å². The van der Waals surface area contributed by atoms with Gasteiger partial charge in [-0.3, -0.25) is 4.79 Å². The summed E-state index contributed by atoms with van der Waals surface area (Å²) in [6.45, 7) is 0. The third kappa shape index (κ3) is 6.28. The predicted molar refractivity (Wildman–Crippen MR) is 139 cm³/mol. The molecule has 0 bridgehead atoms. The lowest BCUT2D eigenvalue weighted by atomic mass is 10.1. The van der Waals surface area contributed by atoms with Crippen molar-refractivity contribution >= 4 is 57.8 Å². The molecule has 3 aromatic carbocycles. The number of fused-ring (bicyclic) bond motifs is 1. The van der Waals surface area contributed by atoms with Gasteiger partial charge in [0.25, 0.3) is 5.91 Å². The van der Waals surface area contributed by atoms with Crippen LogP contribution in [0.5, 0.6) is 11.5 Å². The van der Waals surface area contributed by atoms with E-state index in [1.54, 1.807) is 44.2 Å². The Morgan fingerprint density at radius 1 is 1.03 bits per heavy atom. The lowest BCUT2D eigenvalue weighted by molar-refractivity contribution is -0.118. The van der Waals surface area contributed by atoms with Crippen LogP contribution in [0, 0.1) is 0 Å². The first kappa shape index (κ1) is 24.1. The molecule has 0 saturated carbocycles. The molecular formula is C24H22N4O3S3. The van der Waals surface area contributed by atoms with Gasteiger partial charge in [-0.05, 0) is 34.5 Å². The predicted octanol–water partition coefficient (Wildman–Crippen LogP) is 5.24. The molecule has 0 fully saturated rings. The van der Waals surface area contributed by atoms with Crippen molar-refractivity contribution in [2.45, 2.75) is 14.4 Å². The molecule has 1 aromatic heterocycles. The largest absolute Gasteiger partial charge is 0.497 e. The van der Waals surface area contributed by atoms with Crippen LogP contribution < -0.4 is 14.9 Å². The summed E-state index contributed by atoms with van der Waals surface area (Å²) in [5, 5.41) is 14.9. The smallest absolute Gasteiger partial charge is 0.250 e. The molecule has 0 atom stereocenters. The first-order valence-corrected chi connectivity index (χ1v) is 13.0. The summed E-state index contributed by atoms with van der Waals surface area (Å²) in [5.41, 5.74) is 4.49. The monoisotopic (exact) mass is 510 g/mol. The third-order valence-electron chi connectivity index (χ3n) is 4.78.